The fraction of sp³-hybridized carbons (Fsp3) is 0.389. The number of nitrogens with zero attached hydrogens (tertiary/aromatic N) is 2. The third-order valence-electron chi connectivity index (χ3n) is 8.88. The molecule has 1 N–H and O–H groups in total. The minimum Gasteiger partial charge on any atom is -0.497 e. The van der Waals surface area contributed by atoms with Crippen molar-refractivity contribution in [1.29, 1.82) is 0 Å². The highest BCUT2D eigenvalue weighted by Crippen LogP contribution is 2.38. The number of amides is 2. The number of ether oxygens (including phenoxy) is 4. The summed E-state index contributed by atoms with van der Waals surface area (Å²) in [6.07, 6.45) is 2.51. The van der Waals surface area contributed by atoms with Crippen molar-refractivity contribution < 1.29 is 28.5 Å². The molecule has 2 amide bonds. The molecule has 0 aromatic heterocycles. The van der Waals surface area contributed by atoms with Gasteiger partial charge in [0.1, 0.15) is 36.2 Å². The molecule has 3 aliphatic rings. The van der Waals surface area contributed by atoms with Gasteiger partial charge in [0.05, 0.1) is 35.3 Å². The summed E-state index contributed by atoms with van der Waals surface area (Å²) in [6.45, 7) is 3.57. The van der Waals surface area contributed by atoms with E-state index in [0.717, 1.165) is 29.5 Å². The van der Waals surface area contributed by atoms with Crippen molar-refractivity contribution >= 4 is 52.2 Å². The molecule has 3 aromatic rings. The Morgan fingerprint density at radius 1 is 0.854 bits per heavy atom. The van der Waals surface area contributed by atoms with Crippen LogP contribution < -0.4 is 24.3 Å². The zero-order valence-corrected chi connectivity index (χ0v) is 29.3. The molecular weight excluding hydrogens is 677 g/mol. The lowest BCUT2D eigenvalue weighted by Crippen LogP contribution is -2.61. The van der Waals surface area contributed by atoms with Crippen LogP contribution in [0, 0.1) is 0 Å². The van der Waals surface area contributed by atoms with E-state index in [4.69, 9.17) is 53.8 Å². The molecule has 2 heterocycles. The second kappa shape index (κ2) is 14.9. The van der Waals surface area contributed by atoms with Gasteiger partial charge < -0.3 is 34.1 Å². The summed E-state index contributed by atoms with van der Waals surface area (Å²) in [5.41, 5.74) is 3.58. The molecule has 0 spiro atoms. The molecule has 6 rings (SSSR count). The van der Waals surface area contributed by atoms with Crippen molar-refractivity contribution in [3.63, 3.8) is 0 Å². The van der Waals surface area contributed by atoms with Crippen LogP contribution in [-0.4, -0.2) is 80.3 Å². The monoisotopic (exact) mass is 713 g/mol. The van der Waals surface area contributed by atoms with Gasteiger partial charge in [-0.15, -0.1) is 0 Å². The summed E-state index contributed by atoms with van der Waals surface area (Å²) in [4.78, 5) is 30.9. The number of nitrogens with one attached hydrogen (secondary N) is 1. The molecule has 1 saturated carbocycles. The van der Waals surface area contributed by atoms with E-state index >= 15 is 0 Å². The molecule has 254 valence electrons. The van der Waals surface area contributed by atoms with E-state index in [2.05, 4.69) is 5.32 Å². The maximum absolute atomic E-state index is 14.7. The molecule has 0 radical (unpaired) electrons. The second-order valence-electron chi connectivity index (χ2n) is 12.2. The topological polar surface area (TPSA) is 89.6 Å². The molecule has 12 heteroatoms. The fourth-order valence-corrected chi connectivity index (χ4v) is 6.96. The summed E-state index contributed by atoms with van der Waals surface area (Å²) >= 11 is 18.3. The lowest BCUT2D eigenvalue weighted by atomic mass is 9.82. The van der Waals surface area contributed by atoms with Gasteiger partial charge in [0.2, 0.25) is 5.91 Å². The van der Waals surface area contributed by atoms with E-state index in [-0.39, 0.29) is 43.2 Å². The lowest BCUT2D eigenvalue weighted by Gasteiger charge is -2.44. The van der Waals surface area contributed by atoms with Gasteiger partial charge in [-0.25, -0.2) is 0 Å². The molecule has 0 unspecified atom stereocenters. The first-order chi connectivity index (χ1) is 23.1. The van der Waals surface area contributed by atoms with Crippen molar-refractivity contribution in [2.75, 3.05) is 40.5 Å². The van der Waals surface area contributed by atoms with Crippen molar-refractivity contribution in [3.8, 4) is 23.0 Å². The second-order valence-corrected chi connectivity index (χ2v) is 13.5. The number of hydrogen-bond donors (Lipinski definition) is 1. The van der Waals surface area contributed by atoms with Crippen LogP contribution in [-0.2, 0) is 16.1 Å². The van der Waals surface area contributed by atoms with Crippen LogP contribution in [0.5, 0.6) is 23.0 Å². The molecule has 2 bridgehead atoms. The Morgan fingerprint density at radius 2 is 1.52 bits per heavy atom. The standard InChI is InChI=1S/C36H38Cl3N3O6/c1-21(43)41-19-24-14-29(23-4-8-26(9-5-23)47-10-11-48-34-17-31(38)30(37)16-32(34)39)35(33(20-41)40-24)36(44)42(25-6-7-25)18-22-12-27(45-2)15-28(13-22)46-3/h4-5,8-9,12-13,15-17,24-25,33,40H,6-7,10-11,14,18-20H2,1-3H3/t24-,33-/m1/s1. The normalized spacial score (nSPS) is 18.8. The first-order valence-electron chi connectivity index (χ1n) is 15.9. The number of fused-ring (bicyclic) bond motifs is 2. The van der Waals surface area contributed by atoms with Gasteiger partial charge in [0.15, 0.2) is 0 Å². The number of halogens is 3. The number of piperazine rings is 1. The first kappa shape index (κ1) is 34.2. The maximum Gasteiger partial charge on any atom is 0.252 e. The Kier molecular flexibility index (Phi) is 10.6. The van der Waals surface area contributed by atoms with Crippen molar-refractivity contribution in [2.45, 2.75) is 50.9 Å². The van der Waals surface area contributed by atoms with Crippen molar-refractivity contribution in [3.05, 3.63) is 86.4 Å². The van der Waals surface area contributed by atoms with Crippen molar-refractivity contribution in [1.82, 2.24) is 15.1 Å². The summed E-state index contributed by atoms with van der Waals surface area (Å²) in [5.74, 6) is 2.43. The zero-order valence-electron chi connectivity index (χ0n) is 27.1. The van der Waals surface area contributed by atoms with E-state index in [0.29, 0.717) is 69.7 Å². The van der Waals surface area contributed by atoms with Crippen LogP contribution in [0.3, 0.4) is 0 Å². The van der Waals surface area contributed by atoms with Crippen LogP contribution >= 0.6 is 34.8 Å². The van der Waals surface area contributed by atoms with Gasteiger partial charge in [0, 0.05) is 56.3 Å². The minimum atomic E-state index is -0.286. The Labute approximate surface area is 295 Å². The SMILES string of the molecule is COc1cc(CN(C(=O)C2=C(c3ccc(OCCOc4cc(Cl)c(Cl)cc4Cl)cc3)C[C@@H]3CN(C(C)=O)C[C@H]2N3)C2CC2)cc(OC)c1. The predicted octanol–water partition coefficient (Wildman–Crippen LogP) is 6.66. The smallest absolute Gasteiger partial charge is 0.252 e. The summed E-state index contributed by atoms with van der Waals surface area (Å²) in [7, 11) is 3.23. The number of methoxy groups -OCH3 is 2. The fourth-order valence-electron chi connectivity index (χ4n) is 6.36. The zero-order chi connectivity index (χ0) is 33.9. The van der Waals surface area contributed by atoms with Gasteiger partial charge in [-0.2, -0.15) is 0 Å². The molecule has 3 aromatic carbocycles. The van der Waals surface area contributed by atoms with Gasteiger partial charge in [-0.1, -0.05) is 46.9 Å². The average Bonchev–Trinajstić information content (AvgIpc) is 3.92. The number of rotatable bonds is 12. The summed E-state index contributed by atoms with van der Waals surface area (Å²) in [6, 6.07) is 16.5. The predicted molar refractivity (Wildman–Crippen MR) is 187 cm³/mol. The van der Waals surface area contributed by atoms with E-state index in [1.54, 1.807) is 33.3 Å². The van der Waals surface area contributed by atoms with Crippen LogP contribution in [0.25, 0.3) is 5.57 Å². The third-order valence-corrected chi connectivity index (χ3v) is 9.90. The van der Waals surface area contributed by atoms with E-state index < -0.39 is 0 Å². The van der Waals surface area contributed by atoms with Crippen LogP contribution in [0.2, 0.25) is 15.1 Å². The van der Waals surface area contributed by atoms with Crippen LogP contribution in [0.15, 0.2) is 60.2 Å². The Bertz CT molecular complexity index is 1690. The molecule has 2 aliphatic heterocycles. The molecule has 2 fully saturated rings. The Morgan fingerprint density at radius 3 is 2.17 bits per heavy atom. The maximum atomic E-state index is 14.7. The molecule has 1 aliphatic carbocycles. The number of benzene rings is 3. The number of hydrogen-bond acceptors (Lipinski definition) is 7. The largest absolute Gasteiger partial charge is 0.497 e. The minimum absolute atomic E-state index is 0.0104. The molecule has 2 atom stereocenters. The van der Waals surface area contributed by atoms with Gasteiger partial charge in [-0.3, -0.25) is 9.59 Å². The Hall–Kier alpha value is -3.63. The third kappa shape index (κ3) is 7.81. The van der Waals surface area contributed by atoms with Crippen LogP contribution in [0.4, 0.5) is 0 Å². The molecular formula is C36H38Cl3N3O6. The first-order valence-corrected chi connectivity index (χ1v) is 17.0. The van der Waals surface area contributed by atoms with E-state index in [9.17, 15) is 9.59 Å². The van der Waals surface area contributed by atoms with Crippen molar-refractivity contribution in [2.24, 2.45) is 0 Å². The Balaban J connectivity index is 1.23. The van der Waals surface area contributed by atoms with Gasteiger partial charge >= 0.3 is 0 Å². The molecule has 48 heavy (non-hydrogen) atoms. The average molecular weight is 715 g/mol. The van der Waals surface area contributed by atoms with Crippen LogP contribution in [0.1, 0.15) is 37.3 Å². The quantitative estimate of drug-likeness (QED) is 0.166. The summed E-state index contributed by atoms with van der Waals surface area (Å²) in [5, 5.41) is 4.74. The lowest BCUT2D eigenvalue weighted by molar-refractivity contribution is -0.132. The van der Waals surface area contributed by atoms with Gasteiger partial charge in [-0.05, 0) is 66.3 Å². The van der Waals surface area contributed by atoms with E-state index in [1.165, 1.54) is 0 Å². The molecule has 9 nitrogen and oxygen atoms in total. The number of carbonyl (C=O) groups is 2. The van der Waals surface area contributed by atoms with E-state index in [1.807, 2.05) is 52.3 Å². The summed E-state index contributed by atoms with van der Waals surface area (Å²) < 4.78 is 22.7. The highest BCUT2D eigenvalue weighted by Gasteiger charge is 2.43. The van der Waals surface area contributed by atoms with Gasteiger partial charge in [0.25, 0.3) is 5.91 Å². The highest BCUT2D eigenvalue weighted by atomic mass is 35.5. The number of carbonyl (C=O) groups excluding carboxylic acids is 2. The molecule has 1 saturated heterocycles. The highest BCUT2D eigenvalue weighted by molar-refractivity contribution is 6.43.